The van der Waals surface area contributed by atoms with Crippen molar-refractivity contribution < 1.29 is 0 Å². The zero-order valence-corrected chi connectivity index (χ0v) is 29.5. The standard InChI is InChI=1S/C44H46ClN5/c45-40-24-22-36(23-25-40)42(43-21-10-12-27-46-43)26-29-49-32-30-48(31-33-49)28-13-11-20-41-34-50(35-47-41)44(37-14-4-1-5-15-37,38-16-6-2-7-17-38)39-18-8-3-9-19-39/h1-10,12,14-19,21-25,27,34-35,42H,11,13,20,26,28-33H2. The molecule has 1 atom stereocenters. The van der Waals surface area contributed by atoms with Crippen LogP contribution in [-0.4, -0.2) is 63.6 Å². The van der Waals surface area contributed by atoms with Gasteiger partial charge in [0.2, 0.25) is 0 Å². The highest BCUT2D eigenvalue weighted by atomic mass is 35.5. The quantitative estimate of drug-likeness (QED) is 0.0851. The van der Waals surface area contributed by atoms with Crippen LogP contribution in [0.5, 0.6) is 0 Å². The molecule has 2 aromatic heterocycles. The third kappa shape index (κ3) is 7.76. The third-order valence-electron chi connectivity index (χ3n) is 10.3. The molecule has 6 aromatic rings. The Balaban J connectivity index is 0.943. The average molecular weight is 680 g/mol. The lowest BCUT2D eigenvalue weighted by Gasteiger charge is -2.37. The van der Waals surface area contributed by atoms with Crippen LogP contribution >= 0.6 is 11.6 Å². The monoisotopic (exact) mass is 679 g/mol. The van der Waals surface area contributed by atoms with Gasteiger partial charge < -0.3 is 14.4 Å². The number of aromatic nitrogens is 3. The molecule has 1 fully saturated rings. The molecule has 1 aliphatic rings. The lowest BCUT2D eigenvalue weighted by Crippen LogP contribution is -2.46. The molecule has 3 heterocycles. The molecule has 0 aliphatic carbocycles. The fourth-order valence-corrected chi connectivity index (χ4v) is 7.74. The Bertz CT molecular complexity index is 1770. The first kappa shape index (κ1) is 33.9. The maximum absolute atomic E-state index is 6.20. The topological polar surface area (TPSA) is 37.2 Å². The number of hydrogen-bond acceptors (Lipinski definition) is 4. The second kappa shape index (κ2) is 16.4. The molecule has 254 valence electrons. The van der Waals surface area contributed by atoms with E-state index in [0.717, 1.165) is 74.9 Å². The van der Waals surface area contributed by atoms with Gasteiger partial charge in [-0.3, -0.25) is 4.98 Å². The summed E-state index contributed by atoms with van der Waals surface area (Å²) in [6.45, 7) is 6.67. The SMILES string of the molecule is Clc1ccc(C(CCN2CCN(CCCCc3cn(C(c4ccccc4)(c4ccccc4)c4ccccc4)cn3)CC2)c2ccccn2)cc1. The van der Waals surface area contributed by atoms with Crippen molar-refractivity contribution in [3.8, 4) is 0 Å². The molecule has 7 rings (SSSR count). The summed E-state index contributed by atoms with van der Waals surface area (Å²) in [5.74, 6) is 0.271. The summed E-state index contributed by atoms with van der Waals surface area (Å²) in [5, 5.41) is 0.774. The van der Waals surface area contributed by atoms with Crippen molar-refractivity contribution >= 4 is 11.6 Å². The van der Waals surface area contributed by atoms with Crippen molar-refractivity contribution in [1.82, 2.24) is 24.3 Å². The molecule has 1 saturated heterocycles. The van der Waals surface area contributed by atoms with Crippen LogP contribution in [0.2, 0.25) is 5.02 Å². The summed E-state index contributed by atoms with van der Waals surface area (Å²) in [7, 11) is 0. The van der Waals surface area contributed by atoms with Crippen LogP contribution in [-0.2, 0) is 12.0 Å². The maximum Gasteiger partial charge on any atom is 0.121 e. The van der Waals surface area contributed by atoms with E-state index in [9.17, 15) is 0 Å². The number of rotatable bonds is 14. The van der Waals surface area contributed by atoms with Gasteiger partial charge in [0, 0.05) is 55.2 Å². The molecule has 0 amide bonds. The molecular formula is C44H46ClN5. The molecule has 0 N–H and O–H groups in total. The number of benzene rings is 4. The van der Waals surface area contributed by atoms with Gasteiger partial charge >= 0.3 is 0 Å². The molecule has 0 bridgehead atoms. The molecule has 5 nitrogen and oxygen atoms in total. The Morgan fingerprint density at radius 3 is 1.72 bits per heavy atom. The average Bonchev–Trinajstić information content (AvgIpc) is 3.66. The van der Waals surface area contributed by atoms with Crippen LogP contribution in [0.25, 0.3) is 0 Å². The zero-order valence-electron chi connectivity index (χ0n) is 28.7. The van der Waals surface area contributed by atoms with E-state index in [-0.39, 0.29) is 5.92 Å². The van der Waals surface area contributed by atoms with Crippen LogP contribution in [0, 0.1) is 0 Å². The second-order valence-electron chi connectivity index (χ2n) is 13.4. The molecule has 0 saturated carbocycles. The number of imidazole rings is 1. The summed E-state index contributed by atoms with van der Waals surface area (Å²) < 4.78 is 2.33. The van der Waals surface area contributed by atoms with Gasteiger partial charge in [0.1, 0.15) is 5.54 Å². The largest absolute Gasteiger partial charge is 0.319 e. The van der Waals surface area contributed by atoms with Crippen molar-refractivity contribution in [3.63, 3.8) is 0 Å². The van der Waals surface area contributed by atoms with E-state index < -0.39 is 5.54 Å². The van der Waals surface area contributed by atoms with Crippen molar-refractivity contribution in [1.29, 1.82) is 0 Å². The smallest absolute Gasteiger partial charge is 0.121 e. The Labute approximate surface area is 302 Å². The normalized spacial score (nSPS) is 14.8. The van der Waals surface area contributed by atoms with Gasteiger partial charge in [0.15, 0.2) is 0 Å². The van der Waals surface area contributed by atoms with Crippen molar-refractivity contribution in [2.45, 2.75) is 37.1 Å². The number of pyridine rings is 1. The van der Waals surface area contributed by atoms with E-state index in [4.69, 9.17) is 21.6 Å². The molecule has 50 heavy (non-hydrogen) atoms. The van der Waals surface area contributed by atoms with Crippen LogP contribution in [0.3, 0.4) is 0 Å². The number of unbranched alkanes of at least 4 members (excludes halogenated alkanes) is 1. The highest BCUT2D eigenvalue weighted by Crippen LogP contribution is 2.41. The van der Waals surface area contributed by atoms with Crippen LogP contribution in [0.1, 0.15) is 58.8 Å². The molecule has 4 aromatic carbocycles. The molecule has 1 aliphatic heterocycles. The Morgan fingerprint density at radius 2 is 1.16 bits per heavy atom. The summed E-state index contributed by atoms with van der Waals surface area (Å²) in [5.41, 5.74) is 6.70. The highest BCUT2D eigenvalue weighted by molar-refractivity contribution is 6.30. The van der Waals surface area contributed by atoms with Gasteiger partial charge in [-0.05, 0) is 85.3 Å². The third-order valence-corrected chi connectivity index (χ3v) is 10.5. The van der Waals surface area contributed by atoms with E-state index in [0.29, 0.717) is 0 Å². The molecule has 0 spiro atoms. The van der Waals surface area contributed by atoms with Gasteiger partial charge in [-0.2, -0.15) is 0 Å². The number of aryl methyl sites for hydroxylation is 1. The van der Waals surface area contributed by atoms with Crippen molar-refractivity contribution in [3.05, 3.63) is 191 Å². The Kier molecular flexibility index (Phi) is 11.2. The summed E-state index contributed by atoms with van der Waals surface area (Å²) in [4.78, 5) is 14.9. The predicted molar refractivity (Wildman–Crippen MR) is 205 cm³/mol. The minimum Gasteiger partial charge on any atom is -0.319 e. The minimum absolute atomic E-state index is 0.271. The number of piperazine rings is 1. The van der Waals surface area contributed by atoms with E-state index >= 15 is 0 Å². The predicted octanol–water partition coefficient (Wildman–Crippen LogP) is 8.93. The van der Waals surface area contributed by atoms with E-state index in [2.05, 4.69) is 136 Å². The number of nitrogens with zero attached hydrogens (tertiary/aromatic N) is 5. The van der Waals surface area contributed by atoms with Crippen LogP contribution in [0.4, 0.5) is 0 Å². The molecular weight excluding hydrogens is 634 g/mol. The number of hydrogen-bond donors (Lipinski definition) is 0. The van der Waals surface area contributed by atoms with Gasteiger partial charge in [-0.15, -0.1) is 0 Å². The first-order valence-electron chi connectivity index (χ1n) is 18.0. The fraction of sp³-hybridized carbons (Fsp3) is 0.273. The summed E-state index contributed by atoms with van der Waals surface area (Å²) in [6.07, 6.45) is 10.5. The van der Waals surface area contributed by atoms with Crippen LogP contribution < -0.4 is 0 Å². The highest BCUT2D eigenvalue weighted by Gasteiger charge is 2.38. The summed E-state index contributed by atoms with van der Waals surface area (Å²) >= 11 is 6.20. The van der Waals surface area contributed by atoms with Gasteiger partial charge in [0.25, 0.3) is 0 Å². The van der Waals surface area contributed by atoms with Crippen molar-refractivity contribution in [2.24, 2.45) is 0 Å². The van der Waals surface area contributed by atoms with E-state index in [1.165, 1.54) is 28.7 Å². The minimum atomic E-state index is -0.513. The maximum atomic E-state index is 6.20. The first-order chi connectivity index (χ1) is 24.7. The van der Waals surface area contributed by atoms with Gasteiger partial charge in [-0.1, -0.05) is 121 Å². The van der Waals surface area contributed by atoms with Gasteiger partial charge in [-0.25, -0.2) is 4.98 Å². The lowest BCUT2D eigenvalue weighted by atomic mass is 9.77. The Hall–Kier alpha value is -4.55. The molecule has 1 unspecified atom stereocenters. The van der Waals surface area contributed by atoms with E-state index in [1.54, 1.807) is 0 Å². The Morgan fingerprint density at radius 1 is 0.600 bits per heavy atom. The molecule has 0 radical (unpaired) electrons. The second-order valence-corrected chi connectivity index (χ2v) is 13.8. The first-order valence-corrected chi connectivity index (χ1v) is 18.4. The van der Waals surface area contributed by atoms with Crippen molar-refractivity contribution in [2.75, 3.05) is 39.3 Å². The van der Waals surface area contributed by atoms with Crippen LogP contribution in [0.15, 0.2) is 152 Å². The van der Waals surface area contributed by atoms with Gasteiger partial charge in [0.05, 0.1) is 12.0 Å². The van der Waals surface area contributed by atoms with E-state index in [1.807, 2.05) is 30.7 Å². The lowest BCUT2D eigenvalue weighted by molar-refractivity contribution is 0.129. The zero-order chi connectivity index (χ0) is 34.0. The fourth-order valence-electron chi connectivity index (χ4n) is 7.61. The number of halogens is 1. The molecule has 6 heteroatoms. The summed E-state index contributed by atoms with van der Waals surface area (Å²) in [6, 6.07) is 47.0.